The molecule has 0 aliphatic heterocycles. The lowest BCUT2D eigenvalue weighted by molar-refractivity contribution is -0.109. The van der Waals surface area contributed by atoms with E-state index in [0.717, 1.165) is 18.5 Å². The number of allylic oxidation sites excluding steroid dienone is 1. The molecule has 0 aromatic heterocycles. The summed E-state index contributed by atoms with van der Waals surface area (Å²) in [6.45, 7) is 7.78. The van der Waals surface area contributed by atoms with Crippen LogP contribution >= 0.6 is 11.8 Å². The standard InChI is InChI=1S/C10H18OS/c1-4-6-8-12-10(3,9-11)7-5-2/h5,9H,2,4,6-8H2,1,3H3. The van der Waals surface area contributed by atoms with Crippen molar-refractivity contribution in [3.05, 3.63) is 12.7 Å². The van der Waals surface area contributed by atoms with Crippen LogP contribution in [0.5, 0.6) is 0 Å². The van der Waals surface area contributed by atoms with Gasteiger partial charge in [-0.25, -0.2) is 0 Å². The third kappa shape index (κ3) is 4.60. The highest BCUT2D eigenvalue weighted by atomic mass is 32.2. The van der Waals surface area contributed by atoms with Gasteiger partial charge in [0.05, 0.1) is 4.75 Å². The van der Waals surface area contributed by atoms with Crippen LogP contribution in [0.2, 0.25) is 0 Å². The molecule has 0 rings (SSSR count). The minimum Gasteiger partial charge on any atom is -0.302 e. The second-order valence-electron chi connectivity index (χ2n) is 3.13. The topological polar surface area (TPSA) is 17.1 Å². The number of thioether (sulfide) groups is 1. The highest BCUT2D eigenvalue weighted by molar-refractivity contribution is 8.01. The summed E-state index contributed by atoms with van der Waals surface area (Å²) in [7, 11) is 0. The monoisotopic (exact) mass is 186 g/mol. The summed E-state index contributed by atoms with van der Waals surface area (Å²) < 4.78 is -0.239. The van der Waals surface area contributed by atoms with E-state index in [1.54, 1.807) is 11.8 Å². The lowest BCUT2D eigenvalue weighted by atomic mass is 10.1. The molecule has 2 heteroatoms. The van der Waals surface area contributed by atoms with Gasteiger partial charge in [-0.15, -0.1) is 18.3 Å². The Bertz CT molecular complexity index is 145. The lowest BCUT2D eigenvalue weighted by Gasteiger charge is -2.20. The average Bonchev–Trinajstić information content (AvgIpc) is 2.06. The van der Waals surface area contributed by atoms with Gasteiger partial charge in [0.25, 0.3) is 0 Å². The predicted molar refractivity (Wildman–Crippen MR) is 56.6 cm³/mol. The van der Waals surface area contributed by atoms with Crippen molar-refractivity contribution < 1.29 is 4.79 Å². The van der Waals surface area contributed by atoms with E-state index < -0.39 is 0 Å². The van der Waals surface area contributed by atoms with Crippen LogP contribution in [0.15, 0.2) is 12.7 Å². The van der Waals surface area contributed by atoms with Crippen LogP contribution in [0, 0.1) is 0 Å². The van der Waals surface area contributed by atoms with Crippen molar-refractivity contribution in [2.45, 2.75) is 37.9 Å². The van der Waals surface area contributed by atoms with E-state index in [1.165, 1.54) is 12.8 Å². The zero-order chi connectivity index (χ0) is 9.45. The quantitative estimate of drug-likeness (QED) is 0.345. The number of aldehydes is 1. The third-order valence-corrected chi connectivity index (χ3v) is 3.14. The van der Waals surface area contributed by atoms with Gasteiger partial charge >= 0.3 is 0 Å². The molecule has 70 valence electrons. The Hall–Kier alpha value is -0.240. The minimum atomic E-state index is -0.239. The van der Waals surface area contributed by atoms with Gasteiger partial charge in [0, 0.05) is 0 Å². The average molecular weight is 186 g/mol. The minimum absolute atomic E-state index is 0.239. The third-order valence-electron chi connectivity index (χ3n) is 1.73. The first-order valence-corrected chi connectivity index (χ1v) is 5.38. The fraction of sp³-hybridized carbons (Fsp3) is 0.700. The van der Waals surface area contributed by atoms with E-state index in [4.69, 9.17) is 0 Å². The Morgan fingerprint density at radius 1 is 1.58 bits per heavy atom. The fourth-order valence-corrected chi connectivity index (χ4v) is 2.08. The van der Waals surface area contributed by atoms with Gasteiger partial charge in [-0.3, -0.25) is 0 Å². The van der Waals surface area contributed by atoms with Crippen LogP contribution < -0.4 is 0 Å². The maximum absolute atomic E-state index is 10.7. The molecule has 0 N–H and O–H groups in total. The molecule has 0 bridgehead atoms. The zero-order valence-corrected chi connectivity index (χ0v) is 8.82. The van der Waals surface area contributed by atoms with Crippen molar-refractivity contribution >= 4 is 18.0 Å². The molecule has 1 nitrogen and oxygen atoms in total. The largest absolute Gasteiger partial charge is 0.302 e. The molecule has 0 spiro atoms. The molecule has 0 amide bonds. The summed E-state index contributed by atoms with van der Waals surface area (Å²) in [6, 6.07) is 0. The van der Waals surface area contributed by atoms with Crippen molar-refractivity contribution in [1.82, 2.24) is 0 Å². The molecule has 0 fully saturated rings. The van der Waals surface area contributed by atoms with E-state index in [1.807, 2.05) is 13.0 Å². The number of unbranched alkanes of at least 4 members (excludes halogenated alkanes) is 1. The van der Waals surface area contributed by atoms with Gasteiger partial charge < -0.3 is 4.79 Å². The first kappa shape index (κ1) is 11.8. The Kier molecular flexibility index (Phi) is 6.17. The van der Waals surface area contributed by atoms with Crippen molar-refractivity contribution in [3.63, 3.8) is 0 Å². The summed E-state index contributed by atoms with van der Waals surface area (Å²) in [4.78, 5) is 10.7. The van der Waals surface area contributed by atoms with Crippen LogP contribution in [-0.4, -0.2) is 16.8 Å². The van der Waals surface area contributed by atoms with Gasteiger partial charge in [0.15, 0.2) is 0 Å². The van der Waals surface area contributed by atoms with Gasteiger partial charge in [0.2, 0.25) is 0 Å². The summed E-state index contributed by atoms with van der Waals surface area (Å²) in [5, 5.41) is 0. The molecule has 0 aliphatic rings. The number of hydrogen-bond acceptors (Lipinski definition) is 2. The Labute approximate surface area is 79.6 Å². The second kappa shape index (κ2) is 6.30. The maximum Gasteiger partial charge on any atom is 0.136 e. The van der Waals surface area contributed by atoms with E-state index in [0.29, 0.717) is 0 Å². The Balaban J connectivity index is 3.78. The Morgan fingerprint density at radius 3 is 2.67 bits per heavy atom. The van der Waals surface area contributed by atoms with Crippen LogP contribution in [0.3, 0.4) is 0 Å². The summed E-state index contributed by atoms with van der Waals surface area (Å²) in [5.74, 6) is 1.07. The molecule has 0 saturated heterocycles. The van der Waals surface area contributed by atoms with Crippen molar-refractivity contribution in [1.29, 1.82) is 0 Å². The number of carbonyl (C=O) groups is 1. The van der Waals surface area contributed by atoms with Crippen molar-refractivity contribution in [3.8, 4) is 0 Å². The van der Waals surface area contributed by atoms with Crippen LogP contribution in [-0.2, 0) is 4.79 Å². The number of carbonyl (C=O) groups excluding carboxylic acids is 1. The molecule has 1 unspecified atom stereocenters. The van der Waals surface area contributed by atoms with E-state index in [2.05, 4.69) is 13.5 Å². The first-order chi connectivity index (χ1) is 5.68. The smallest absolute Gasteiger partial charge is 0.136 e. The number of rotatable bonds is 7. The van der Waals surface area contributed by atoms with E-state index in [9.17, 15) is 4.79 Å². The molecular weight excluding hydrogens is 168 g/mol. The SMILES string of the molecule is C=CCC(C)(C=O)SCCCC. The summed E-state index contributed by atoms with van der Waals surface area (Å²) >= 11 is 1.73. The van der Waals surface area contributed by atoms with E-state index >= 15 is 0 Å². The van der Waals surface area contributed by atoms with Crippen molar-refractivity contribution in [2.24, 2.45) is 0 Å². The normalized spacial score (nSPS) is 15.2. The van der Waals surface area contributed by atoms with Crippen LogP contribution in [0.4, 0.5) is 0 Å². The van der Waals surface area contributed by atoms with E-state index in [-0.39, 0.29) is 4.75 Å². The number of hydrogen-bond donors (Lipinski definition) is 0. The van der Waals surface area contributed by atoms with Gasteiger partial charge in [-0.05, 0) is 25.5 Å². The Morgan fingerprint density at radius 2 is 2.25 bits per heavy atom. The molecule has 0 radical (unpaired) electrons. The predicted octanol–water partition coefficient (Wildman–Crippen LogP) is 3.05. The lowest BCUT2D eigenvalue weighted by Crippen LogP contribution is -2.21. The highest BCUT2D eigenvalue weighted by Crippen LogP contribution is 2.27. The fourth-order valence-electron chi connectivity index (χ4n) is 0.877. The van der Waals surface area contributed by atoms with Crippen molar-refractivity contribution in [2.75, 3.05) is 5.75 Å². The molecule has 1 atom stereocenters. The molecule has 0 heterocycles. The molecule has 12 heavy (non-hydrogen) atoms. The molecule has 0 aromatic carbocycles. The second-order valence-corrected chi connectivity index (χ2v) is 4.75. The zero-order valence-electron chi connectivity index (χ0n) is 8.01. The molecule has 0 aromatic rings. The maximum atomic E-state index is 10.7. The highest BCUT2D eigenvalue weighted by Gasteiger charge is 2.21. The summed E-state index contributed by atoms with van der Waals surface area (Å²) in [6.07, 6.45) is 5.99. The first-order valence-electron chi connectivity index (χ1n) is 4.39. The molecule has 0 saturated carbocycles. The summed E-state index contributed by atoms with van der Waals surface area (Å²) in [5.41, 5.74) is 0. The van der Waals surface area contributed by atoms with Gasteiger partial charge in [0.1, 0.15) is 6.29 Å². The van der Waals surface area contributed by atoms with Crippen LogP contribution in [0.25, 0.3) is 0 Å². The van der Waals surface area contributed by atoms with Crippen LogP contribution in [0.1, 0.15) is 33.1 Å². The molecule has 0 aliphatic carbocycles. The molecular formula is C10H18OS. The van der Waals surface area contributed by atoms with Gasteiger partial charge in [-0.2, -0.15) is 0 Å². The van der Waals surface area contributed by atoms with Gasteiger partial charge in [-0.1, -0.05) is 19.4 Å².